The number of hydrogen-bond donors (Lipinski definition) is 1. The summed E-state index contributed by atoms with van der Waals surface area (Å²) in [5, 5.41) is 7.76. The molecule has 184 valence electrons. The topological polar surface area (TPSA) is 67.2 Å². The number of amides is 2. The van der Waals surface area contributed by atoms with E-state index in [2.05, 4.69) is 5.32 Å². The summed E-state index contributed by atoms with van der Waals surface area (Å²) in [6.07, 6.45) is 1.44. The first-order valence-electron chi connectivity index (χ1n) is 12.4. The summed E-state index contributed by atoms with van der Waals surface area (Å²) >= 11 is 0. The van der Waals surface area contributed by atoms with Crippen LogP contribution in [0.5, 0.6) is 0 Å². The van der Waals surface area contributed by atoms with E-state index in [1.54, 1.807) is 9.58 Å². The van der Waals surface area contributed by atoms with E-state index < -0.39 is 0 Å². The molecule has 1 aromatic heterocycles. The van der Waals surface area contributed by atoms with Crippen molar-refractivity contribution in [2.45, 2.75) is 32.6 Å². The van der Waals surface area contributed by atoms with Gasteiger partial charge in [0, 0.05) is 18.2 Å². The Morgan fingerprint density at radius 1 is 0.889 bits per heavy atom. The fourth-order valence-electron chi connectivity index (χ4n) is 4.34. The number of benzene rings is 3. The quantitative estimate of drug-likeness (QED) is 0.307. The second kappa shape index (κ2) is 12.0. The zero-order chi connectivity index (χ0) is 25.3. The highest BCUT2D eigenvalue weighted by Gasteiger charge is 2.26. The van der Waals surface area contributed by atoms with E-state index in [9.17, 15) is 9.59 Å². The highest BCUT2D eigenvalue weighted by Crippen LogP contribution is 2.25. The van der Waals surface area contributed by atoms with Crippen LogP contribution in [0, 0.1) is 0 Å². The van der Waals surface area contributed by atoms with Crippen molar-refractivity contribution in [3.63, 3.8) is 0 Å². The van der Waals surface area contributed by atoms with Crippen LogP contribution in [-0.4, -0.2) is 39.6 Å². The molecule has 4 rings (SSSR count). The Hall–Kier alpha value is -4.19. The van der Waals surface area contributed by atoms with Crippen molar-refractivity contribution in [2.75, 3.05) is 18.4 Å². The Labute approximate surface area is 212 Å². The van der Waals surface area contributed by atoms with Gasteiger partial charge in [-0.25, -0.2) is 4.68 Å². The normalized spacial score (nSPS) is 11.6. The average molecular weight is 481 g/mol. The second-order valence-corrected chi connectivity index (χ2v) is 8.71. The zero-order valence-corrected chi connectivity index (χ0v) is 20.8. The van der Waals surface area contributed by atoms with E-state index >= 15 is 0 Å². The summed E-state index contributed by atoms with van der Waals surface area (Å²) in [6.45, 7) is 4.51. The van der Waals surface area contributed by atoms with Crippen molar-refractivity contribution in [2.24, 2.45) is 0 Å². The summed E-state index contributed by atoms with van der Waals surface area (Å²) in [6, 6.07) is 31.2. The first-order chi connectivity index (χ1) is 17.6. The number of carbonyl (C=O) groups excluding carboxylic acids is 2. The zero-order valence-electron chi connectivity index (χ0n) is 20.8. The third-order valence-corrected chi connectivity index (χ3v) is 6.10. The summed E-state index contributed by atoms with van der Waals surface area (Å²) < 4.78 is 1.73. The lowest BCUT2D eigenvalue weighted by molar-refractivity contribution is -0.136. The van der Waals surface area contributed by atoms with E-state index in [1.807, 2.05) is 111 Å². The molecular formula is C30H32N4O2. The molecule has 2 amide bonds. The molecule has 1 heterocycles. The van der Waals surface area contributed by atoms with E-state index in [-0.39, 0.29) is 24.3 Å². The van der Waals surface area contributed by atoms with E-state index in [4.69, 9.17) is 5.10 Å². The lowest BCUT2D eigenvalue weighted by atomic mass is 9.95. The van der Waals surface area contributed by atoms with Gasteiger partial charge in [-0.2, -0.15) is 5.10 Å². The van der Waals surface area contributed by atoms with Gasteiger partial charge in [-0.3, -0.25) is 9.59 Å². The largest absolute Gasteiger partial charge is 0.333 e. The fraction of sp³-hybridized carbons (Fsp3) is 0.233. The number of rotatable bonds is 10. The van der Waals surface area contributed by atoms with Crippen molar-refractivity contribution in [1.82, 2.24) is 14.7 Å². The number of nitrogens with zero attached hydrogens (tertiary/aromatic N) is 3. The summed E-state index contributed by atoms with van der Waals surface area (Å²) in [5.74, 6) is 0.00720. The SMILES string of the molecule is CCCN(CC(=O)Nc1cc(-c2ccccc2)nn1-c1ccccc1)C(=O)C(CC)c1ccccc1. The number of nitrogens with one attached hydrogen (secondary N) is 1. The van der Waals surface area contributed by atoms with Crippen LogP contribution >= 0.6 is 0 Å². The highest BCUT2D eigenvalue weighted by atomic mass is 16.2. The molecule has 0 radical (unpaired) electrons. The Bertz CT molecular complexity index is 1270. The first kappa shape index (κ1) is 24.9. The lowest BCUT2D eigenvalue weighted by Gasteiger charge is -2.26. The molecule has 1 N–H and O–H groups in total. The van der Waals surface area contributed by atoms with E-state index in [0.29, 0.717) is 18.8 Å². The maximum Gasteiger partial charge on any atom is 0.245 e. The number of carbonyl (C=O) groups is 2. The predicted octanol–water partition coefficient (Wildman–Crippen LogP) is 5.91. The van der Waals surface area contributed by atoms with E-state index in [1.165, 1.54) is 0 Å². The number of anilines is 1. The molecule has 0 aliphatic carbocycles. The third kappa shape index (κ3) is 5.89. The minimum Gasteiger partial charge on any atom is -0.333 e. The minimum absolute atomic E-state index is 0.0172. The van der Waals surface area contributed by atoms with Crippen LogP contribution in [0.15, 0.2) is 97.1 Å². The van der Waals surface area contributed by atoms with E-state index in [0.717, 1.165) is 28.9 Å². The van der Waals surface area contributed by atoms with Crippen LogP contribution in [0.25, 0.3) is 16.9 Å². The van der Waals surface area contributed by atoms with Crippen molar-refractivity contribution < 1.29 is 9.59 Å². The molecule has 3 aromatic carbocycles. The van der Waals surface area contributed by atoms with Crippen LogP contribution in [0.4, 0.5) is 5.82 Å². The van der Waals surface area contributed by atoms with Crippen LogP contribution in [0.2, 0.25) is 0 Å². The van der Waals surface area contributed by atoms with Crippen molar-refractivity contribution >= 4 is 17.6 Å². The average Bonchev–Trinajstić information content (AvgIpc) is 3.34. The minimum atomic E-state index is -0.273. The summed E-state index contributed by atoms with van der Waals surface area (Å²) in [4.78, 5) is 28.4. The van der Waals surface area contributed by atoms with Crippen molar-refractivity contribution in [1.29, 1.82) is 0 Å². The Kier molecular flexibility index (Phi) is 8.29. The van der Waals surface area contributed by atoms with Gasteiger partial charge in [0.1, 0.15) is 5.82 Å². The molecule has 0 fully saturated rings. The van der Waals surface area contributed by atoms with Gasteiger partial charge in [0.05, 0.1) is 23.8 Å². The number of hydrogen-bond acceptors (Lipinski definition) is 3. The van der Waals surface area contributed by atoms with Crippen LogP contribution in [0.3, 0.4) is 0 Å². The fourth-order valence-corrected chi connectivity index (χ4v) is 4.34. The summed E-state index contributed by atoms with van der Waals surface area (Å²) in [5.41, 5.74) is 3.53. The highest BCUT2D eigenvalue weighted by molar-refractivity contribution is 5.95. The number of para-hydroxylation sites is 1. The van der Waals surface area contributed by atoms with Crippen molar-refractivity contribution in [3.8, 4) is 16.9 Å². The molecule has 0 aliphatic rings. The molecule has 6 nitrogen and oxygen atoms in total. The third-order valence-electron chi connectivity index (χ3n) is 6.10. The lowest BCUT2D eigenvalue weighted by Crippen LogP contribution is -2.41. The Balaban J connectivity index is 1.57. The molecule has 1 unspecified atom stereocenters. The molecule has 0 bridgehead atoms. The molecule has 1 atom stereocenters. The smallest absolute Gasteiger partial charge is 0.245 e. The number of aromatic nitrogens is 2. The van der Waals surface area contributed by atoms with Crippen molar-refractivity contribution in [3.05, 3.63) is 103 Å². The molecule has 0 saturated heterocycles. The van der Waals surface area contributed by atoms with Gasteiger partial charge in [0.25, 0.3) is 0 Å². The first-order valence-corrected chi connectivity index (χ1v) is 12.4. The van der Waals surface area contributed by atoms with Crippen LogP contribution in [-0.2, 0) is 9.59 Å². The molecule has 0 aliphatic heterocycles. The van der Waals surface area contributed by atoms with Gasteiger partial charge in [-0.15, -0.1) is 0 Å². The van der Waals surface area contributed by atoms with Gasteiger partial charge in [-0.05, 0) is 30.5 Å². The monoisotopic (exact) mass is 480 g/mol. The van der Waals surface area contributed by atoms with Gasteiger partial charge < -0.3 is 10.2 Å². The Morgan fingerprint density at radius 2 is 1.50 bits per heavy atom. The predicted molar refractivity (Wildman–Crippen MR) is 144 cm³/mol. The molecule has 36 heavy (non-hydrogen) atoms. The molecule has 0 saturated carbocycles. The molecular weight excluding hydrogens is 448 g/mol. The maximum absolute atomic E-state index is 13.5. The Morgan fingerprint density at radius 3 is 2.11 bits per heavy atom. The van der Waals surface area contributed by atoms with Crippen LogP contribution in [0.1, 0.15) is 38.2 Å². The molecule has 0 spiro atoms. The maximum atomic E-state index is 13.5. The second-order valence-electron chi connectivity index (χ2n) is 8.71. The van der Waals surface area contributed by atoms with Gasteiger partial charge in [0.2, 0.25) is 11.8 Å². The van der Waals surface area contributed by atoms with Gasteiger partial charge in [0.15, 0.2) is 0 Å². The van der Waals surface area contributed by atoms with Gasteiger partial charge >= 0.3 is 0 Å². The summed E-state index contributed by atoms with van der Waals surface area (Å²) in [7, 11) is 0. The standard InChI is InChI=1S/C30H32N4O2/c1-3-20-33(30(36)26(4-2)23-14-8-5-9-15-23)22-29(35)31-28-21-27(24-16-10-6-11-17-24)32-34(28)25-18-12-7-13-19-25/h5-19,21,26H,3-4,20,22H2,1-2H3,(H,31,35). The van der Waals surface area contributed by atoms with Gasteiger partial charge in [-0.1, -0.05) is 92.7 Å². The van der Waals surface area contributed by atoms with Crippen LogP contribution < -0.4 is 5.32 Å². The molecule has 4 aromatic rings. The molecule has 6 heteroatoms.